The number of amides is 1. The van der Waals surface area contributed by atoms with Crippen LogP contribution in [0.4, 0.5) is 11.4 Å². The first-order valence-corrected chi connectivity index (χ1v) is 8.76. The van der Waals surface area contributed by atoms with Crippen LogP contribution in [-0.4, -0.2) is 28.9 Å². The molecule has 26 heavy (non-hydrogen) atoms. The molecule has 5 rings (SSSR count). The molecule has 3 aliphatic heterocycles. The summed E-state index contributed by atoms with van der Waals surface area (Å²) in [6.45, 7) is 0.846. The van der Waals surface area contributed by atoms with Gasteiger partial charge in [-0.25, -0.2) is 14.9 Å². The summed E-state index contributed by atoms with van der Waals surface area (Å²) in [6.07, 6.45) is 2.08. The molecule has 0 aliphatic carbocycles. The molecule has 7 heteroatoms. The predicted octanol–water partition coefficient (Wildman–Crippen LogP) is -0.974. The Morgan fingerprint density at radius 2 is 1.88 bits per heavy atom. The summed E-state index contributed by atoms with van der Waals surface area (Å²) in [5.74, 6) is 0.875. The van der Waals surface area contributed by atoms with Gasteiger partial charge in [0.05, 0.1) is 17.8 Å². The minimum Gasteiger partial charge on any atom is -0.319 e. The minimum atomic E-state index is -1.12. The van der Waals surface area contributed by atoms with Crippen molar-refractivity contribution in [3.05, 3.63) is 59.7 Å². The predicted molar refractivity (Wildman–Crippen MR) is 97.7 cm³/mol. The first-order chi connectivity index (χ1) is 12.7. The van der Waals surface area contributed by atoms with E-state index in [1.54, 1.807) is 0 Å². The molecule has 6 N–H and O–H groups in total. The molecule has 0 saturated heterocycles. The number of guanidine groups is 2. The highest BCUT2D eigenvalue weighted by Gasteiger charge is 2.55. The monoisotopic (exact) mass is 348 g/mol. The lowest BCUT2D eigenvalue weighted by Gasteiger charge is -2.28. The van der Waals surface area contributed by atoms with E-state index >= 15 is 0 Å². The molecule has 2 aromatic carbocycles. The van der Waals surface area contributed by atoms with Crippen molar-refractivity contribution in [2.75, 3.05) is 11.9 Å². The molecule has 0 unspecified atom stereocenters. The number of hydrogen-bond acceptors (Lipinski definition) is 2. The zero-order valence-corrected chi connectivity index (χ0v) is 14.2. The number of para-hydroxylation sites is 2. The van der Waals surface area contributed by atoms with Crippen molar-refractivity contribution in [3.8, 4) is 0 Å². The standard InChI is InChI=1S/C19H18N6O/c20-17-22-18(25-11-5-7-12-6-1-4-10-15(12)25)24-19(23-17)13-8-2-3-9-14(13)21-16(19)26/h1-4,6,8-10H,5,7,11H2,(H4,20,21,22,23,24,26)/p+2/t19-/m0/s1. The Balaban J connectivity index is 1.68. The van der Waals surface area contributed by atoms with E-state index in [9.17, 15) is 4.79 Å². The minimum absolute atomic E-state index is 0.175. The van der Waals surface area contributed by atoms with Gasteiger partial charge in [-0.1, -0.05) is 30.3 Å². The normalized spacial score (nSPS) is 26.3. The van der Waals surface area contributed by atoms with Crippen LogP contribution in [0.2, 0.25) is 0 Å². The van der Waals surface area contributed by atoms with E-state index in [1.165, 1.54) is 5.56 Å². The van der Waals surface area contributed by atoms with Crippen molar-refractivity contribution in [2.45, 2.75) is 18.5 Å². The number of carbonyl (C=O) groups excluding carboxylic acids is 1. The van der Waals surface area contributed by atoms with Gasteiger partial charge in [-0.15, -0.1) is 0 Å². The summed E-state index contributed by atoms with van der Waals surface area (Å²) in [5, 5.41) is 9.48. The molecule has 1 atom stereocenters. The van der Waals surface area contributed by atoms with E-state index in [0.29, 0.717) is 11.9 Å². The van der Waals surface area contributed by atoms with Crippen LogP contribution >= 0.6 is 0 Å². The lowest BCUT2D eigenvalue weighted by Crippen LogP contribution is -2.99. The molecule has 130 valence electrons. The third-order valence-electron chi connectivity index (χ3n) is 5.18. The smallest absolute Gasteiger partial charge is 0.319 e. The molecule has 1 amide bonds. The Kier molecular flexibility index (Phi) is 3.06. The average molecular weight is 348 g/mol. The van der Waals surface area contributed by atoms with Gasteiger partial charge in [-0.2, -0.15) is 5.32 Å². The van der Waals surface area contributed by atoms with Gasteiger partial charge in [0, 0.05) is 0 Å². The zero-order chi connectivity index (χ0) is 17.7. The maximum Gasteiger partial charge on any atom is 0.364 e. The largest absolute Gasteiger partial charge is 0.364 e. The maximum absolute atomic E-state index is 12.9. The number of nitrogens with zero attached hydrogens (tertiary/aromatic N) is 1. The third kappa shape index (κ3) is 2.03. The lowest BCUT2D eigenvalue weighted by molar-refractivity contribution is -0.558. The summed E-state index contributed by atoms with van der Waals surface area (Å²) in [4.78, 5) is 16.0. The Labute approximate surface area is 150 Å². The van der Waals surface area contributed by atoms with Gasteiger partial charge in [-0.05, 0) is 36.6 Å². The molecule has 0 saturated carbocycles. The van der Waals surface area contributed by atoms with Crippen LogP contribution in [0, 0.1) is 0 Å². The number of hydrogen-bond donors (Lipinski definition) is 5. The quantitative estimate of drug-likeness (QED) is 0.396. The Morgan fingerprint density at radius 1 is 1.08 bits per heavy atom. The molecule has 0 bridgehead atoms. The van der Waals surface area contributed by atoms with Crippen molar-refractivity contribution in [2.24, 2.45) is 5.73 Å². The van der Waals surface area contributed by atoms with Gasteiger partial charge in [0.25, 0.3) is 0 Å². The van der Waals surface area contributed by atoms with Crippen LogP contribution in [0.1, 0.15) is 17.5 Å². The van der Waals surface area contributed by atoms with E-state index in [4.69, 9.17) is 5.73 Å². The molecule has 7 nitrogen and oxygen atoms in total. The van der Waals surface area contributed by atoms with Crippen molar-refractivity contribution in [3.63, 3.8) is 0 Å². The fourth-order valence-corrected chi connectivity index (χ4v) is 4.01. The number of benzene rings is 2. The Morgan fingerprint density at radius 3 is 2.81 bits per heavy atom. The molecular formula is C19H20N6O+2. The molecule has 3 aliphatic rings. The molecule has 0 aromatic heterocycles. The Bertz CT molecular complexity index is 995. The second-order valence-corrected chi connectivity index (χ2v) is 6.77. The summed E-state index contributed by atoms with van der Waals surface area (Å²) >= 11 is 0. The average Bonchev–Trinajstić information content (AvgIpc) is 2.92. The molecule has 0 fully saturated rings. The number of fused-ring (bicyclic) bond motifs is 3. The van der Waals surface area contributed by atoms with Crippen LogP contribution in [0.3, 0.4) is 0 Å². The SMILES string of the molecule is NC1=[NH+][C@@]2(NC(=[N+]3CCCc4ccccc43)N1)C(=O)Nc1ccccc12. The first kappa shape index (κ1) is 14.9. The van der Waals surface area contributed by atoms with E-state index in [1.807, 2.05) is 30.3 Å². The van der Waals surface area contributed by atoms with Crippen LogP contribution < -0.4 is 26.7 Å². The van der Waals surface area contributed by atoms with Crippen molar-refractivity contribution < 1.29 is 14.4 Å². The molecule has 2 aromatic rings. The zero-order valence-electron chi connectivity index (χ0n) is 14.2. The van der Waals surface area contributed by atoms with Gasteiger partial charge in [-0.3, -0.25) is 10.5 Å². The number of anilines is 1. The molecular weight excluding hydrogens is 328 g/mol. The van der Waals surface area contributed by atoms with Crippen molar-refractivity contribution >= 4 is 29.2 Å². The topological polar surface area (TPSA) is 96.2 Å². The van der Waals surface area contributed by atoms with E-state index in [-0.39, 0.29) is 5.91 Å². The van der Waals surface area contributed by atoms with E-state index in [2.05, 4.69) is 43.7 Å². The fraction of sp³-hybridized carbons (Fsp3) is 0.211. The van der Waals surface area contributed by atoms with Crippen LogP contribution in [0.5, 0.6) is 0 Å². The number of nitrogens with two attached hydrogens (primary N) is 1. The van der Waals surface area contributed by atoms with Crippen LogP contribution in [-0.2, 0) is 16.9 Å². The summed E-state index contributed by atoms with van der Waals surface area (Å²) < 4.78 is 2.16. The maximum atomic E-state index is 12.9. The van der Waals surface area contributed by atoms with Crippen molar-refractivity contribution in [1.29, 1.82) is 0 Å². The lowest BCUT2D eigenvalue weighted by atomic mass is 10.0. The number of carbonyl (C=O) groups is 1. The number of nitrogens with one attached hydrogen (secondary N) is 4. The summed E-state index contributed by atoms with van der Waals surface area (Å²) in [6, 6.07) is 15.9. The molecule has 1 spiro atoms. The molecule has 3 heterocycles. The Hall–Kier alpha value is -3.35. The summed E-state index contributed by atoms with van der Waals surface area (Å²) in [7, 11) is 0. The highest BCUT2D eigenvalue weighted by atomic mass is 16.2. The van der Waals surface area contributed by atoms with Crippen LogP contribution in [0.25, 0.3) is 0 Å². The van der Waals surface area contributed by atoms with E-state index < -0.39 is 5.66 Å². The fourth-order valence-electron chi connectivity index (χ4n) is 4.01. The number of rotatable bonds is 0. The van der Waals surface area contributed by atoms with Gasteiger partial charge in [0.1, 0.15) is 5.69 Å². The highest BCUT2D eigenvalue weighted by Crippen LogP contribution is 2.31. The van der Waals surface area contributed by atoms with Crippen LogP contribution in [0.15, 0.2) is 48.5 Å². The first-order valence-electron chi connectivity index (χ1n) is 8.76. The van der Waals surface area contributed by atoms with Gasteiger partial charge < -0.3 is 5.32 Å². The van der Waals surface area contributed by atoms with Gasteiger partial charge >= 0.3 is 23.5 Å². The van der Waals surface area contributed by atoms with Crippen molar-refractivity contribution in [1.82, 2.24) is 10.6 Å². The highest BCUT2D eigenvalue weighted by molar-refractivity contribution is 6.08. The molecule has 0 radical (unpaired) electrons. The summed E-state index contributed by atoms with van der Waals surface area (Å²) in [5.41, 5.74) is 9.07. The van der Waals surface area contributed by atoms with Gasteiger partial charge in [0.2, 0.25) is 0 Å². The number of aryl methyl sites for hydroxylation is 1. The van der Waals surface area contributed by atoms with Gasteiger partial charge in [0.15, 0.2) is 0 Å². The second-order valence-electron chi connectivity index (χ2n) is 6.77. The third-order valence-corrected chi connectivity index (χ3v) is 5.18. The van der Waals surface area contributed by atoms with E-state index in [0.717, 1.165) is 36.3 Å². The second kappa shape index (κ2) is 5.32.